The standard InChI is InChI=1S/C31H34N6O7/c1-18(2)24(25(39)27-35-36-29(44-27)31(3,4)20-12-14-21(42-5)15-13-20)33-23(38)17-37-22(19-10-8-7-9-11-19)16-32-26(28(37)40)34-30(41)43-6/h7-16,18,24H,17H2,1-6H3,(H,33,38)(H,32,34,41)/t24-/m0/s1. The van der Waals surface area contributed by atoms with Crippen LogP contribution in [-0.2, 0) is 21.5 Å². The Labute approximate surface area is 253 Å². The molecule has 13 nitrogen and oxygen atoms in total. The first-order valence-corrected chi connectivity index (χ1v) is 13.8. The van der Waals surface area contributed by atoms with Gasteiger partial charge in [-0.25, -0.2) is 9.78 Å². The predicted molar refractivity (Wildman–Crippen MR) is 160 cm³/mol. The van der Waals surface area contributed by atoms with E-state index in [1.54, 1.807) is 51.3 Å². The number of nitrogens with one attached hydrogen (secondary N) is 2. The van der Waals surface area contributed by atoms with Crippen LogP contribution in [0, 0.1) is 5.92 Å². The van der Waals surface area contributed by atoms with Crippen molar-refractivity contribution in [2.24, 2.45) is 5.92 Å². The van der Waals surface area contributed by atoms with E-state index in [1.807, 2.05) is 38.1 Å². The summed E-state index contributed by atoms with van der Waals surface area (Å²) in [7, 11) is 2.73. The van der Waals surface area contributed by atoms with Gasteiger partial charge in [-0.15, -0.1) is 10.2 Å². The van der Waals surface area contributed by atoms with Crippen molar-refractivity contribution >= 4 is 23.6 Å². The van der Waals surface area contributed by atoms with Crippen LogP contribution in [0.5, 0.6) is 5.75 Å². The van der Waals surface area contributed by atoms with E-state index in [0.717, 1.165) is 17.2 Å². The van der Waals surface area contributed by atoms with Crippen molar-refractivity contribution in [1.29, 1.82) is 0 Å². The fourth-order valence-corrected chi connectivity index (χ4v) is 4.45. The number of ether oxygens (including phenoxy) is 2. The second kappa shape index (κ2) is 13.3. The quantitative estimate of drug-likeness (QED) is 0.241. The summed E-state index contributed by atoms with van der Waals surface area (Å²) in [5.74, 6) is -1.23. The summed E-state index contributed by atoms with van der Waals surface area (Å²) in [6.07, 6.45) is 0.475. The number of aromatic nitrogens is 4. The Balaban J connectivity index is 1.58. The van der Waals surface area contributed by atoms with Gasteiger partial charge in [0.1, 0.15) is 12.3 Å². The van der Waals surface area contributed by atoms with Crippen molar-refractivity contribution in [3.05, 3.63) is 88.5 Å². The number of carbonyl (C=O) groups is 3. The minimum Gasteiger partial charge on any atom is -0.497 e. The summed E-state index contributed by atoms with van der Waals surface area (Å²) >= 11 is 0. The van der Waals surface area contributed by atoms with Gasteiger partial charge in [0.05, 0.1) is 37.6 Å². The topological polar surface area (TPSA) is 168 Å². The molecule has 0 bridgehead atoms. The SMILES string of the molecule is COC(=O)Nc1ncc(-c2ccccc2)n(CC(=O)N[C@H](C(=O)c2nnc(C(C)(C)c3ccc(OC)cc3)o2)C(C)C)c1=O. The number of nitrogens with zero attached hydrogens (tertiary/aromatic N) is 4. The van der Waals surface area contributed by atoms with Crippen molar-refractivity contribution in [2.75, 3.05) is 19.5 Å². The highest BCUT2D eigenvalue weighted by molar-refractivity contribution is 5.98. The summed E-state index contributed by atoms with van der Waals surface area (Å²) < 4.78 is 16.8. The molecule has 0 spiro atoms. The number of rotatable bonds is 11. The zero-order chi connectivity index (χ0) is 32.0. The molecule has 2 aromatic heterocycles. The molecule has 0 saturated heterocycles. The van der Waals surface area contributed by atoms with Gasteiger partial charge in [-0.3, -0.25) is 24.3 Å². The molecular weight excluding hydrogens is 568 g/mol. The Bertz CT molecular complexity index is 1690. The maximum absolute atomic E-state index is 13.5. The Morgan fingerprint density at radius 2 is 1.68 bits per heavy atom. The third-order valence-electron chi connectivity index (χ3n) is 7.08. The van der Waals surface area contributed by atoms with Crippen LogP contribution in [0.3, 0.4) is 0 Å². The van der Waals surface area contributed by atoms with Gasteiger partial charge >= 0.3 is 6.09 Å². The molecule has 13 heteroatoms. The van der Waals surface area contributed by atoms with Crippen molar-refractivity contribution < 1.29 is 28.3 Å². The molecular formula is C31H34N6O7. The van der Waals surface area contributed by atoms with Crippen LogP contribution in [0.4, 0.5) is 10.6 Å². The van der Waals surface area contributed by atoms with Crippen LogP contribution in [0.15, 0.2) is 70.0 Å². The van der Waals surface area contributed by atoms with Crippen LogP contribution in [0.1, 0.15) is 49.8 Å². The number of carbonyl (C=O) groups excluding carboxylic acids is 3. The number of amides is 2. The molecule has 0 saturated carbocycles. The molecule has 230 valence electrons. The molecule has 4 aromatic rings. The van der Waals surface area contributed by atoms with E-state index in [1.165, 1.54) is 6.20 Å². The number of hydrogen-bond donors (Lipinski definition) is 2. The molecule has 2 aromatic carbocycles. The van der Waals surface area contributed by atoms with Crippen LogP contribution < -0.4 is 20.9 Å². The van der Waals surface area contributed by atoms with E-state index in [4.69, 9.17) is 9.15 Å². The van der Waals surface area contributed by atoms with E-state index in [0.29, 0.717) is 17.0 Å². The summed E-state index contributed by atoms with van der Waals surface area (Å²) in [4.78, 5) is 56.0. The van der Waals surface area contributed by atoms with Gasteiger partial charge in [0.2, 0.25) is 23.4 Å². The second-order valence-electron chi connectivity index (χ2n) is 10.8. The summed E-state index contributed by atoms with van der Waals surface area (Å²) in [6.45, 7) is 6.82. The first-order chi connectivity index (χ1) is 21.0. The third kappa shape index (κ3) is 6.83. The number of Topliss-reactive ketones (excluding diaryl/α,β-unsaturated/α-hetero) is 1. The molecule has 1 atom stereocenters. The van der Waals surface area contributed by atoms with Gasteiger partial charge in [0.15, 0.2) is 0 Å². The molecule has 0 fully saturated rings. The summed E-state index contributed by atoms with van der Waals surface area (Å²) in [6, 6.07) is 15.2. The zero-order valence-corrected chi connectivity index (χ0v) is 25.3. The number of ketones is 1. The van der Waals surface area contributed by atoms with E-state index in [-0.39, 0.29) is 23.5 Å². The minimum absolute atomic E-state index is 0.223. The third-order valence-corrected chi connectivity index (χ3v) is 7.08. The minimum atomic E-state index is -1.04. The monoisotopic (exact) mass is 602 g/mol. The second-order valence-corrected chi connectivity index (χ2v) is 10.8. The number of benzene rings is 2. The Kier molecular flexibility index (Phi) is 9.57. The highest BCUT2D eigenvalue weighted by Gasteiger charge is 2.34. The number of anilines is 1. The van der Waals surface area contributed by atoms with Crippen LogP contribution in [0.25, 0.3) is 11.3 Å². The lowest BCUT2D eigenvalue weighted by atomic mass is 9.84. The molecule has 2 amide bonds. The predicted octanol–water partition coefficient (Wildman–Crippen LogP) is 3.83. The Morgan fingerprint density at radius 3 is 2.30 bits per heavy atom. The van der Waals surface area contributed by atoms with Crippen molar-refractivity contribution in [2.45, 2.75) is 45.7 Å². The first kappa shape index (κ1) is 31.6. The number of hydrogen-bond acceptors (Lipinski definition) is 10. The average Bonchev–Trinajstić information content (AvgIpc) is 3.53. The largest absolute Gasteiger partial charge is 0.497 e. The molecule has 0 radical (unpaired) electrons. The zero-order valence-electron chi connectivity index (χ0n) is 25.3. The fraction of sp³-hybridized carbons (Fsp3) is 0.323. The molecule has 4 rings (SSSR count). The van der Waals surface area contributed by atoms with Crippen molar-refractivity contribution in [3.63, 3.8) is 0 Å². The highest BCUT2D eigenvalue weighted by atomic mass is 16.5. The van der Waals surface area contributed by atoms with Crippen molar-refractivity contribution in [1.82, 2.24) is 25.1 Å². The average molecular weight is 603 g/mol. The van der Waals surface area contributed by atoms with Crippen LogP contribution in [0.2, 0.25) is 0 Å². The summed E-state index contributed by atoms with van der Waals surface area (Å²) in [5, 5.41) is 13.1. The Hall–Kier alpha value is -5.33. The molecule has 2 N–H and O–H groups in total. The van der Waals surface area contributed by atoms with Gasteiger partial charge < -0.3 is 19.2 Å². The van der Waals surface area contributed by atoms with E-state index in [9.17, 15) is 19.2 Å². The molecule has 0 aliphatic rings. The van der Waals surface area contributed by atoms with Crippen LogP contribution in [-0.4, -0.2) is 57.8 Å². The van der Waals surface area contributed by atoms with Gasteiger partial charge in [0.25, 0.3) is 11.4 Å². The Morgan fingerprint density at radius 1 is 1.00 bits per heavy atom. The van der Waals surface area contributed by atoms with E-state index < -0.39 is 41.3 Å². The van der Waals surface area contributed by atoms with Crippen molar-refractivity contribution in [3.8, 4) is 17.0 Å². The van der Waals surface area contributed by atoms with Gasteiger partial charge in [-0.05, 0) is 43.0 Å². The molecule has 44 heavy (non-hydrogen) atoms. The lowest BCUT2D eigenvalue weighted by molar-refractivity contribution is -0.122. The van der Waals surface area contributed by atoms with Gasteiger partial charge in [-0.2, -0.15) is 0 Å². The fourth-order valence-electron chi connectivity index (χ4n) is 4.45. The smallest absolute Gasteiger partial charge is 0.412 e. The maximum atomic E-state index is 13.5. The highest BCUT2D eigenvalue weighted by Crippen LogP contribution is 2.32. The maximum Gasteiger partial charge on any atom is 0.412 e. The normalized spacial score (nSPS) is 12.0. The first-order valence-electron chi connectivity index (χ1n) is 13.8. The lowest BCUT2D eigenvalue weighted by Crippen LogP contribution is -2.46. The van der Waals surface area contributed by atoms with E-state index >= 15 is 0 Å². The van der Waals surface area contributed by atoms with Crippen LogP contribution >= 0.6 is 0 Å². The molecule has 0 aliphatic carbocycles. The lowest BCUT2D eigenvalue weighted by Gasteiger charge is -2.22. The van der Waals surface area contributed by atoms with E-state index in [2.05, 4.69) is 30.6 Å². The summed E-state index contributed by atoms with van der Waals surface area (Å²) in [5.41, 5.74) is 0.356. The molecule has 0 aliphatic heterocycles. The molecule has 0 unspecified atom stereocenters. The molecule has 2 heterocycles. The van der Waals surface area contributed by atoms with Gasteiger partial charge in [0, 0.05) is 0 Å². The number of methoxy groups -OCH3 is 2. The van der Waals surface area contributed by atoms with Gasteiger partial charge in [-0.1, -0.05) is 56.3 Å².